The first kappa shape index (κ1) is 10.1. The van der Waals surface area contributed by atoms with Crippen molar-refractivity contribution in [3.8, 4) is 0 Å². The normalized spacial score (nSPS) is 10.8. The van der Waals surface area contributed by atoms with Crippen LogP contribution in [0.2, 0.25) is 0 Å². The Kier molecular flexibility index (Phi) is 2.85. The molecule has 0 aromatic carbocycles. The number of aromatic nitrogens is 3. The van der Waals surface area contributed by atoms with Crippen LogP contribution in [0.5, 0.6) is 0 Å². The average molecular weight is 243 g/mol. The summed E-state index contributed by atoms with van der Waals surface area (Å²) < 4.78 is 2.22. The van der Waals surface area contributed by atoms with E-state index in [0.29, 0.717) is 0 Å². The van der Waals surface area contributed by atoms with Crippen molar-refractivity contribution >= 4 is 34.4 Å². The summed E-state index contributed by atoms with van der Waals surface area (Å²) in [4.78, 5) is 4.37. The van der Waals surface area contributed by atoms with Gasteiger partial charge in [-0.2, -0.15) is 0 Å². The Balaban J connectivity index is 2.22. The lowest BCUT2D eigenvalue weighted by atomic mass is 10.6. The quantitative estimate of drug-likeness (QED) is 0.812. The van der Waals surface area contributed by atoms with Gasteiger partial charge in [-0.1, -0.05) is 11.3 Å². The van der Waals surface area contributed by atoms with E-state index >= 15 is 0 Å². The standard InChI is InChI=1S/C8H9N3S3/c1-4-7(12-5(2)9-4)14-8-11-10-6(3)13-8/h1-3H3. The summed E-state index contributed by atoms with van der Waals surface area (Å²) in [6, 6.07) is 0. The van der Waals surface area contributed by atoms with Crippen molar-refractivity contribution in [3.63, 3.8) is 0 Å². The zero-order valence-corrected chi connectivity index (χ0v) is 10.5. The molecule has 0 saturated heterocycles. The highest BCUT2D eigenvalue weighted by Gasteiger charge is 2.09. The molecule has 0 atom stereocenters. The van der Waals surface area contributed by atoms with E-state index in [-0.39, 0.29) is 0 Å². The zero-order valence-electron chi connectivity index (χ0n) is 8.07. The molecule has 0 aliphatic heterocycles. The molecule has 0 fully saturated rings. The van der Waals surface area contributed by atoms with Crippen LogP contribution in [0.4, 0.5) is 0 Å². The zero-order chi connectivity index (χ0) is 10.1. The van der Waals surface area contributed by atoms with E-state index in [4.69, 9.17) is 0 Å². The van der Waals surface area contributed by atoms with Crippen molar-refractivity contribution < 1.29 is 0 Å². The minimum absolute atomic E-state index is 0.995. The van der Waals surface area contributed by atoms with Crippen molar-refractivity contribution in [1.29, 1.82) is 0 Å². The summed E-state index contributed by atoms with van der Waals surface area (Å²) in [6.07, 6.45) is 0. The summed E-state index contributed by atoms with van der Waals surface area (Å²) in [5.41, 5.74) is 1.09. The Morgan fingerprint density at radius 2 is 1.79 bits per heavy atom. The number of rotatable bonds is 2. The maximum absolute atomic E-state index is 4.37. The topological polar surface area (TPSA) is 38.7 Å². The molecule has 2 heterocycles. The molecule has 2 aromatic heterocycles. The second kappa shape index (κ2) is 3.96. The summed E-state index contributed by atoms with van der Waals surface area (Å²) in [6.45, 7) is 6.01. The van der Waals surface area contributed by atoms with Gasteiger partial charge in [0.25, 0.3) is 0 Å². The Bertz CT molecular complexity index is 446. The number of nitrogens with zero attached hydrogens (tertiary/aromatic N) is 3. The van der Waals surface area contributed by atoms with E-state index < -0.39 is 0 Å². The fourth-order valence-corrected chi connectivity index (χ4v) is 4.20. The second-order valence-corrected chi connectivity index (χ2v) is 6.70. The van der Waals surface area contributed by atoms with Crippen molar-refractivity contribution in [3.05, 3.63) is 15.7 Å². The van der Waals surface area contributed by atoms with Crippen LogP contribution >= 0.6 is 34.4 Å². The van der Waals surface area contributed by atoms with Crippen LogP contribution in [0.25, 0.3) is 0 Å². The van der Waals surface area contributed by atoms with E-state index in [1.54, 1.807) is 34.4 Å². The molecule has 2 rings (SSSR count). The van der Waals surface area contributed by atoms with Crippen LogP contribution in [0.3, 0.4) is 0 Å². The fourth-order valence-electron chi connectivity index (χ4n) is 1.01. The van der Waals surface area contributed by atoms with E-state index in [2.05, 4.69) is 15.2 Å². The number of hydrogen-bond donors (Lipinski definition) is 0. The van der Waals surface area contributed by atoms with Crippen LogP contribution in [0.1, 0.15) is 15.7 Å². The molecule has 2 aromatic rings. The van der Waals surface area contributed by atoms with Gasteiger partial charge in [0.1, 0.15) is 5.01 Å². The maximum atomic E-state index is 4.37. The van der Waals surface area contributed by atoms with Crippen LogP contribution in [-0.2, 0) is 0 Å². The molecule has 3 nitrogen and oxygen atoms in total. The highest BCUT2D eigenvalue weighted by molar-refractivity contribution is 8.02. The van der Waals surface area contributed by atoms with Gasteiger partial charge in [-0.05, 0) is 32.5 Å². The Morgan fingerprint density at radius 3 is 2.29 bits per heavy atom. The summed E-state index contributed by atoms with van der Waals surface area (Å²) in [5, 5.41) is 10.2. The first-order valence-electron chi connectivity index (χ1n) is 4.07. The van der Waals surface area contributed by atoms with Gasteiger partial charge in [0.2, 0.25) is 0 Å². The predicted molar refractivity (Wildman–Crippen MR) is 60.4 cm³/mol. The molecule has 0 saturated carbocycles. The Labute approximate surface area is 94.6 Å². The van der Waals surface area contributed by atoms with E-state index in [0.717, 1.165) is 20.0 Å². The summed E-state index contributed by atoms with van der Waals surface area (Å²) in [7, 11) is 0. The van der Waals surface area contributed by atoms with Gasteiger partial charge < -0.3 is 0 Å². The summed E-state index contributed by atoms with van der Waals surface area (Å²) in [5.74, 6) is 0. The van der Waals surface area contributed by atoms with Crippen LogP contribution < -0.4 is 0 Å². The number of aryl methyl sites for hydroxylation is 3. The lowest BCUT2D eigenvalue weighted by molar-refractivity contribution is 0.984. The fraction of sp³-hybridized carbons (Fsp3) is 0.375. The van der Waals surface area contributed by atoms with Crippen LogP contribution in [-0.4, -0.2) is 15.2 Å². The highest BCUT2D eigenvalue weighted by Crippen LogP contribution is 2.35. The predicted octanol–water partition coefficient (Wildman–Crippen LogP) is 3.07. The highest BCUT2D eigenvalue weighted by atomic mass is 32.2. The third-order valence-corrected chi connectivity index (χ3v) is 4.79. The molecule has 0 aliphatic rings. The minimum atomic E-state index is 0.995. The summed E-state index contributed by atoms with van der Waals surface area (Å²) >= 11 is 4.99. The Hall–Kier alpha value is -0.460. The van der Waals surface area contributed by atoms with Crippen LogP contribution in [0, 0.1) is 20.8 Å². The van der Waals surface area contributed by atoms with Gasteiger partial charge in [0.15, 0.2) is 4.34 Å². The first-order valence-corrected chi connectivity index (χ1v) is 6.52. The number of hydrogen-bond acceptors (Lipinski definition) is 6. The molecular formula is C8H9N3S3. The average Bonchev–Trinajstić information content (AvgIpc) is 2.61. The second-order valence-electron chi connectivity index (χ2n) is 2.79. The van der Waals surface area contributed by atoms with Crippen molar-refractivity contribution in [1.82, 2.24) is 15.2 Å². The van der Waals surface area contributed by atoms with Gasteiger partial charge in [0.05, 0.1) is 14.9 Å². The molecule has 0 spiro atoms. The van der Waals surface area contributed by atoms with Crippen LogP contribution in [0.15, 0.2) is 8.55 Å². The molecule has 0 amide bonds. The molecule has 0 N–H and O–H groups in total. The SMILES string of the molecule is Cc1nnc(Sc2sc(C)nc2C)s1. The third-order valence-electron chi connectivity index (χ3n) is 1.55. The van der Waals surface area contributed by atoms with E-state index in [9.17, 15) is 0 Å². The Morgan fingerprint density at radius 1 is 1.00 bits per heavy atom. The largest absolute Gasteiger partial charge is 0.246 e. The van der Waals surface area contributed by atoms with Gasteiger partial charge in [-0.3, -0.25) is 0 Å². The number of thiazole rings is 1. The first-order chi connectivity index (χ1) is 6.65. The smallest absolute Gasteiger partial charge is 0.179 e. The monoisotopic (exact) mass is 243 g/mol. The molecule has 0 bridgehead atoms. The lowest BCUT2D eigenvalue weighted by Gasteiger charge is -1.90. The molecule has 14 heavy (non-hydrogen) atoms. The van der Waals surface area contributed by atoms with Crippen molar-refractivity contribution in [2.75, 3.05) is 0 Å². The van der Waals surface area contributed by atoms with Gasteiger partial charge >= 0.3 is 0 Å². The van der Waals surface area contributed by atoms with Gasteiger partial charge in [-0.15, -0.1) is 21.5 Å². The molecule has 74 valence electrons. The van der Waals surface area contributed by atoms with E-state index in [1.807, 2.05) is 20.8 Å². The third kappa shape index (κ3) is 2.13. The molecular weight excluding hydrogens is 234 g/mol. The van der Waals surface area contributed by atoms with Gasteiger partial charge in [0, 0.05) is 0 Å². The molecule has 6 heteroatoms. The molecule has 0 unspecified atom stereocenters. The lowest BCUT2D eigenvalue weighted by Crippen LogP contribution is -1.74. The molecule has 0 radical (unpaired) electrons. The molecule has 0 aliphatic carbocycles. The maximum Gasteiger partial charge on any atom is 0.179 e. The minimum Gasteiger partial charge on any atom is -0.246 e. The van der Waals surface area contributed by atoms with Crippen molar-refractivity contribution in [2.45, 2.75) is 29.3 Å². The van der Waals surface area contributed by atoms with E-state index in [1.165, 1.54) is 4.21 Å². The van der Waals surface area contributed by atoms with Gasteiger partial charge in [-0.25, -0.2) is 4.98 Å². The van der Waals surface area contributed by atoms with Crippen molar-refractivity contribution in [2.24, 2.45) is 0 Å².